The van der Waals surface area contributed by atoms with Crippen LogP contribution in [0.5, 0.6) is 5.75 Å². The number of nitrogens with two attached hydrogens (primary N) is 1. The van der Waals surface area contributed by atoms with E-state index in [-0.39, 0.29) is 0 Å². The minimum absolute atomic E-state index is 0.698. The van der Waals surface area contributed by atoms with Crippen LogP contribution in [0.3, 0.4) is 0 Å². The number of anilines is 1. The number of hydrogen-bond donors (Lipinski definition) is 1. The van der Waals surface area contributed by atoms with Crippen LogP contribution in [0.2, 0.25) is 0 Å². The molecule has 0 radical (unpaired) electrons. The maximum absolute atomic E-state index is 5.72. The van der Waals surface area contributed by atoms with Gasteiger partial charge in [0.15, 0.2) is 0 Å². The monoisotopic (exact) mass is 208 g/mol. The van der Waals surface area contributed by atoms with Crippen LogP contribution in [0.15, 0.2) is 18.2 Å². The van der Waals surface area contributed by atoms with Gasteiger partial charge in [0.25, 0.3) is 0 Å². The van der Waals surface area contributed by atoms with E-state index in [2.05, 4.69) is 11.8 Å². The summed E-state index contributed by atoms with van der Waals surface area (Å²) in [5.74, 6) is 0.916. The number of benzene rings is 1. The Labute approximate surface area is 91.8 Å². The summed E-state index contributed by atoms with van der Waals surface area (Å²) in [7, 11) is 4.06. The second kappa shape index (κ2) is 5.61. The van der Waals surface area contributed by atoms with Crippen molar-refractivity contribution in [2.24, 2.45) is 0 Å². The van der Waals surface area contributed by atoms with E-state index in [4.69, 9.17) is 10.5 Å². The molecular weight excluding hydrogens is 188 g/mol. The molecule has 3 nitrogen and oxygen atoms in total. The smallest absolute Gasteiger partial charge is 0.124 e. The second-order valence-electron chi connectivity index (χ2n) is 3.87. The van der Waals surface area contributed by atoms with Gasteiger partial charge in [0.2, 0.25) is 0 Å². The third-order valence-electron chi connectivity index (χ3n) is 2.27. The van der Waals surface area contributed by atoms with Gasteiger partial charge in [0.05, 0.1) is 0 Å². The molecule has 0 unspecified atom stereocenters. The molecular formula is C12H20N2O. The summed E-state index contributed by atoms with van der Waals surface area (Å²) in [6.07, 6.45) is 0.970. The van der Waals surface area contributed by atoms with Crippen LogP contribution in [-0.2, 0) is 6.42 Å². The fraction of sp³-hybridized carbons (Fsp3) is 0.500. The maximum atomic E-state index is 5.72. The van der Waals surface area contributed by atoms with Crippen molar-refractivity contribution in [3.63, 3.8) is 0 Å². The van der Waals surface area contributed by atoms with Crippen LogP contribution in [0.25, 0.3) is 0 Å². The van der Waals surface area contributed by atoms with Crippen molar-refractivity contribution in [1.82, 2.24) is 4.90 Å². The summed E-state index contributed by atoms with van der Waals surface area (Å²) in [6.45, 7) is 3.73. The first-order chi connectivity index (χ1) is 7.13. The molecule has 0 aliphatic rings. The van der Waals surface area contributed by atoms with Gasteiger partial charge in [-0.25, -0.2) is 0 Å². The number of nitrogen functional groups attached to an aromatic ring is 1. The first-order valence-electron chi connectivity index (χ1n) is 5.29. The highest BCUT2D eigenvalue weighted by atomic mass is 16.5. The first kappa shape index (κ1) is 11.9. The predicted molar refractivity (Wildman–Crippen MR) is 64.3 cm³/mol. The van der Waals surface area contributed by atoms with Crippen LogP contribution in [0, 0.1) is 0 Å². The highest BCUT2D eigenvalue weighted by Crippen LogP contribution is 2.22. The Morgan fingerprint density at radius 1 is 1.33 bits per heavy atom. The van der Waals surface area contributed by atoms with Crippen molar-refractivity contribution in [2.75, 3.05) is 33.0 Å². The molecule has 0 aromatic heterocycles. The highest BCUT2D eigenvalue weighted by molar-refractivity contribution is 5.48. The Balaban J connectivity index is 2.62. The zero-order valence-corrected chi connectivity index (χ0v) is 9.79. The Hall–Kier alpha value is -1.22. The van der Waals surface area contributed by atoms with Gasteiger partial charge in [0, 0.05) is 18.3 Å². The third-order valence-corrected chi connectivity index (χ3v) is 2.27. The molecule has 0 aliphatic carbocycles. The lowest BCUT2D eigenvalue weighted by Crippen LogP contribution is -2.19. The average molecular weight is 208 g/mol. The van der Waals surface area contributed by atoms with Gasteiger partial charge in [-0.15, -0.1) is 0 Å². The molecule has 0 saturated heterocycles. The molecule has 0 bridgehead atoms. The van der Waals surface area contributed by atoms with Crippen molar-refractivity contribution in [3.05, 3.63) is 23.8 Å². The van der Waals surface area contributed by atoms with Gasteiger partial charge in [0.1, 0.15) is 12.4 Å². The van der Waals surface area contributed by atoms with Gasteiger partial charge >= 0.3 is 0 Å². The molecule has 1 aromatic carbocycles. The SMILES string of the molecule is CCc1ccc(N)cc1OCCN(C)C. The standard InChI is InChI=1S/C12H20N2O/c1-4-10-5-6-11(13)9-12(10)15-8-7-14(2)3/h5-6,9H,4,7-8,13H2,1-3H3. The zero-order valence-electron chi connectivity index (χ0n) is 9.79. The molecule has 0 fully saturated rings. The van der Waals surface area contributed by atoms with Crippen LogP contribution in [-0.4, -0.2) is 32.1 Å². The first-order valence-corrected chi connectivity index (χ1v) is 5.29. The Bertz CT molecular complexity index is 310. The molecule has 84 valence electrons. The quantitative estimate of drug-likeness (QED) is 0.749. The Morgan fingerprint density at radius 3 is 2.67 bits per heavy atom. The Kier molecular flexibility index (Phi) is 4.43. The van der Waals surface area contributed by atoms with Gasteiger partial charge in [-0.1, -0.05) is 13.0 Å². The van der Waals surface area contributed by atoms with E-state index in [0.717, 1.165) is 24.4 Å². The molecule has 0 amide bonds. The number of hydrogen-bond acceptors (Lipinski definition) is 3. The minimum atomic E-state index is 0.698. The lowest BCUT2D eigenvalue weighted by molar-refractivity contribution is 0.260. The van der Waals surface area contributed by atoms with E-state index in [9.17, 15) is 0 Å². The molecule has 2 N–H and O–H groups in total. The normalized spacial score (nSPS) is 10.7. The summed E-state index contributed by atoms with van der Waals surface area (Å²) in [5.41, 5.74) is 7.69. The fourth-order valence-corrected chi connectivity index (χ4v) is 1.34. The molecule has 1 aromatic rings. The van der Waals surface area contributed by atoms with Crippen LogP contribution >= 0.6 is 0 Å². The van der Waals surface area contributed by atoms with E-state index < -0.39 is 0 Å². The summed E-state index contributed by atoms with van der Waals surface area (Å²) in [6, 6.07) is 5.84. The van der Waals surface area contributed by atoms with Gasteiger partial charge in [-0.05, 0) is 32.1 Å². The molecule has 0 heterocycles. The van der Waals surface area contributed by atoms with Crippen molar-refractivity contribution in [1.29, 1.82) is 0 Å². The highest BCUT2D eigenvalue weighted by Gasteiger charge is 2.02. The fourth-order valence-electron chi connectivity index (χ4n) is 1.34. The van der Waals surface area contributed by atoms with Gasteiger partial charge in [-0.3, -0.25) is 0 Å². The van der Waals surface area contributed by atoms with E-state index in [1.165, 1.54) is 5.56 Å². The lowest BCUT2D eigenvalue weighted by Gasteiger charge is -2.13. The summed E-state index contributed by atoms with van der Waals surface area (Å²) in [4.78, 5) is 2.10. The predicted octanol–water partition coefficient (Wildman–Crippen LogP) is 1.77. The van der Waals surface area contributed by atoms with Crippen LogP contribution in [0.1, 0.15) is 12.5 Å². The average Bonchev–Trinajstić information content (AvgIpc) is 2.17. The number of ether oxygens (including phenoxy) is 1. The van der Waals surface area contributed by atoms with E-state index >= 15 is 0 Å². The zero-order chi connectivity index (χ0) is 11.3. The van der Waals surface area contributed by atoms with Crippen LogP contribution in [0.4, 0.5) is 5.69 Å². The third kappa shape index (κ3) is 3.80. The minimum Gasteiger partial charge on any atom is -0.492 e. The molecule has 0 spiro atoms. The van der Waals surface area contributed by atoms with Crippen molar-refractivity contribution < 1.29 is 4.74 Å². The number of nitrogens with zero attached hydrogens (tertiary/aromatic N) is 1. The lowest BCUT2D eigenvalue weighted by atomic mass is 10.1. The van der Waals surface area contributed by atoms with Crippen LogP contribution < -0.4 is 10.5 Å². The van der Waals surface area contributed by atoms with E-state index in [1.54, 1.807) is 0 Å². The van der Waals surface area contributed by atoms with E-state index in [0.29, 0.717) is 6.61 Å². The number of likely N-dealkylation sites (N-methyl/N-ethyl adjacent to an activating group) is 1. The van der Waals surface area contributed by atoms with Crippen molar-refractivity contribution in [3.8, 4) is 5.75 Å². The maximum Gasteiger partial charge on any atom is 0.124 e. The molecule has 0 atom stereocenters. The largest absolute Gasteiger partial charge is 0.492 e. The summed E-state index contributed by atoms with van der Waals surface area (Å²) < 4.78 is 5.70. The molecule has 3 heteroatoms. The summed E-state index contributed by atoms with van der Waals surface area (Å²) >= 11 is 0. The second-order valence-corrected chi connectivity index (χ2v) is 3.87. The van der Waals surface area contributed by atoms with E-state index in [1.807, 2.05) is 32.3 Å². The topological polar surface area (TPSA) is 38.5 Å². The molecule has 15 heavy (non-hydrogen) atoms. The van der Waals surface area contributed by atoms with Gasteiger partial charge in [-0.2, -0.15) is 0 Å². The number of aryl methyl sites for hydroxylation is 1. The molecule has 1 rings (SSSR count). The Morgan fingerprint density at radius 2 is 2.07 bits per heavy atom. The van der Waals surface area contributed by atoms with Crippen molar-refractivity contribution >= 4 is 5.69 Å². The summed E-state index contributed by atoms with van der Waals surface area (Å²) in [5, 5.41) is 0. The molecule has 0 saturated carbocycles. The van der Waals surface area contributed by atoms with Gasteiger partial charge < -0.3 is 15.4 Å². The van der Waals surface area contributed by atoms with Crippen molar-refractivity contribution in [2.45, 2.75) is 13.3 Å². The number of rotatable bonds is 5. The molecule has 0 aliphatic heterocycles.